The van der Waals surface area contributed by atoms with Crippen LogP contribution in [0.5, 0.6) is 0 Å². The molecule has 0 saturated carbocycles. The van der Waals surface area contributed by atoms with Crippen molar-refractivity contribution in [2.45, 2.75) is 19.3 Å². The zero-order chi connectivity index (χ0) is 12.1. The van der Waals surface area contributed by atoms with E-state index < -0.39 is 0 Å². The lowest BCUT2D eigenvalue weighted by Gasteiger charge is -2.17. The van der Waals surface area contributed by atoms with Crippen molar-refractivity contribution in [1.82, 2.24) is 0 Å². The van der Waals surface area contributed by atoms with Gasteiger partial charge >= 0.3 is 0 Å². The molecule has 0 N–H and O–H groups in total. The van der Waals surface area contributed by atoms with Gasteiger partial charge in [-0.2, -0.15) is 0 Å². The molecule has 17 heavy (non-hydrogen) atoms. The first-order chi connectivity index (χ1) is 8.31. The van der Waals surface area contributed by atoms with E-state index in [1.165, 1.54) is 16.7 Å². The molecule has 1 unspecified atom stereocenters. The molecule has 1 heteroatoms. The third-order valence-electron chi connectivity index (χ3n) is 3.08. The quantitative estimate of drug-likeness (QED) is 0.701. The van der Waals surface area contributed by atoms with Gasteiger partial charge in [-0.25, -0.2) is 0 Å². The minimum atomic E-state index is 0.496. The molecule has 2 rings (SSSR count). The van der Waals surface area contributed by atoms with Gasteiger partial charge in [0, 0.05) is 11.2 Å². The summed E-state index contributed by atoms with van der Waals surface area (Å²) < 4.78 is 0. The van der Waals surface area contributed by atoms with E-state index in [0.29, 0.717) is 5.92 Å². The average molecular weight is 289 g/mol. The standard InChI is InChI=1S/C16H17Br/c1-13-7-9-15(10-8-13)16(11-12-17)14-5-3-2-4-6-14/h2-10,16H,11-12H2,1H3. The van der Waals surface area contributed by atoms with Gasteiger partial charge in [0.1, 0.15) is 0 Å². The van der Waals surface area contributed by atoms with Gasteiger partial charge in [0.2, 0.25) is 0 Å². The zero-order valence-corrected chi connectivity index (χ0v) is 11.7. The van der Waals surface area contributed by atoms with Crippen LogP contribution in [0.15, 0.2) is 54.6 Å². The van der Waals surface area contributed by atoms with Crippen molar-refractivity contribution < 1.29 is 0 Å². The Balaban J connectivity index is 2.32. The maximum atomic E-state index is 3.56. The zero-order valence-electron chi connectivity index (χ0n) is 10.1. The van der Waals surface area contributed by atoms with Crippen LogP contribution in [0.3, 0.4) is 0 Å². The topological polar surface area (TPSA) is 0 Å². The van der Waals surface area contributed by atoms with Crippen LogP contribution in [-0.2, 0) is 0 Å². The van der Waals surface area contributed by atoms with Crippen LogP contribution >= 0.6 is 15.9 Å². The summed E-state index contributed by atoms with van der Waals surface area (Å²) in [5, 5.41) is 1.03. The molecular weight excluding hydrogens is 272 g/mol. The molecule has 0 aliphatic carbocycles. The molecule has 0 nitrogen and oxygen atoms in total. The highest BCUT2D eigenvalue weighted by molar-refractivity contribution is 9.09. The molecule has 0 fully saturated rings. The van der Waals surface area contributed by atoms with Gasteiger partial charge in [-0.05, 0) is 24.5 Å². The Bertz CT molecular complexity index is 445. The summed E-state index contributed by atoms with van der Waals surface area (Å²) in [4.78, 5) is 0. The molecule has 2 aromatic rings. The van der Waals surface area contributed by atoms with Gasteiger partial charge in [-0.15, -0.1) is 0 Å². The lowest BCUT2D eigenvalue weighted by atomic mass is 9.89. The second-order valence-corrected chi connectivity index (χ2v) is 5.14. The summed E-state index contributed by atoms with van der Waals surface area (Å²) in [5.74, 6) is 0.496. The SMILES string of the molecule is Cc1ccc(C(CCBr)c2ccccc2)cc1. The third kappa shape index (κ3) is 3.19. The molecule has 88 valence electrons. The van der Waals surface area contributed by atoms with Crippen LogP contribution in [0, 0.1) is 6.92 Å². The first-order valence-electron chi connectivity index (χ1n) is 5.98. The Morgan fingerprint density at radius 3 is 2.06 bits per heavy atom. The lowest BCUT2D eigenvalue weighted by molar-refractivity contribution is 0.788. The highest BCUT2D eigenvalue weighted by Gasteiger charge is 2.12. The van der Waals surface area contributed by atoms with Gasteiger partial charge in [0.05, 0.1) is 0 Å². The van der Waals surface area contributed by atoms with Crippen molar-refractivity contribution in [3.05, 3.63) is 71.3 Å². The molecule has 1 atom stereocenters. The Morgan fingerprint density at radius 1 is 0.882 bits per heavy atom. The summed E-state index contributed by atoms with van der Waals surface area (Å²) in [6, 6.07) is 19.6. The minimum absolute atomic E-state index is 0.496. The second kappa shape index (κ2) is 6.02. The van der Waals surface area contributed by atoms with E-state index >= 15 is 0 Å². The van der Waals surface area contributed by atoms with Gasteiger partial charge < -0.3 is 0 Å². The number of hydrogen-bond acceptors (Lipinski definition) is 0. The molecule has 0 aliphatic rings. The first kappa shape index (κ1) is 12.4. The van der Waals surface area contributed by atoms with E-state index in [2.05, 4.69) is 77.5 Å². The number of alkyl halides is 1. The normalized spacial score (nSPS) is 12.4. The predicted octanol–water partition coefficient (Wildman–Crippen LogP) is 4.91. The fraction of sp³-hybridized carbons (Fsp3) is 0.250. The average Bonchev–Trinajstić information content (AvgIpc) is 2.38. The van der Waals surface area contributed by atoms with Gasteiger partial charge in [0.25, 0.3) is 0 Å². The van der Waals surface area contributed by atoms with Crippen molar-refractivity contribution in [2.24, 2.45) is 0 Å². The minimum Gasteiger partial charge on any atom is -0.0928 e. The predicted molar refractivity (Wildman–Crippen MR) is 77.9 cm³/mol. The van der Waals surface area contributed by atoms with Crippen molar-refractivity contribution in [3.8, 4) is 0 Å². The fourth-order valence-corrected chi connectivity index (χ4v) is 2.58. The molecule has 2 aromatic carbocycles. The molecule has 0 aliphatic heterocycles. The number of aryl methyl sites for hydroxylation is 1. The molecule has 0 bridgehead atoms. The maximum Gasteiger partial charge on any atom is 0.00972 e. The Labute approximate surface area is 112 Å². The number of benzene rings is 2. The van der Waals surface area contributed by atoms with Crippen LogP contribution < -0.4 is 0 Å². The van der Waals surface area contributed by atoms with Crippen molar-refractivity contribution >= 4 is 15.9 Å². The van der Waals surface area contributed by atoms with Crippen molar-refractivity contribution in [1.29, 1.82) is 0 Å². The monoisotopic (exact) mass is 288 g/mol. The maximum absolute atomic E-state index is 3.56. The highest BCUT2D eigenvalue weighted by atomic mass is 79.9. The summed E-state index contributed by atoms with van der Waals surface area (Å²) in [6.45, 7) is 2.13. The smallest absolute Gasteiger partial charge is 0.00972 e. The van der Waals surface area contributed by atoms with E-state index in [0.717, 1.165) is 11.8 Å². The number of rotatable bonds is 4. The van der Waals surface area contributed by atoms with Crippen LogP contribution in [0.25, 0.3) is 0 Å². The largest absolute Gasteiger partial charge is 0.0928 e. The van der Waals surface area contributed by atoms with E-state index in [9.17, 15) is 0 Å². The number of halogens is 1. The van der Waals surface area contributed by atoms with Gasteiger partial charge in [0.15, 0.2) is 0 Å². The van der Waals surface area contributed by atoms with Crippen LogP contribution in [0.2, 0.25) is 0 Å². The Hall–Kier alpha value is -1.08. The van der Waals surface area contributed by atoms with Crippen LogP contribution in [-0.4, -0.2) is 5.33 Å². The molecule has 0 aromatic heterocycles. The summed E-state index contributed by atoms with van der Waals surface area (Å²) >= 11 is 3.56. The van der Waals surface area contributed by atoms with Crippen LogP contribution in [0.1, 0.15) is 29.0 Å². The Morgan fingerprint density at radius 2 is 1.47 bits per heavy atom. The molecular formula is C16H17Br. The summed E-state index contributed by atoms with van der Waals surface area (Å²) in [6.07, 6.45) is 1.13. The van der Waals surface area contributed by atoms with Crippen molar-refractivity contribution in [3.63, 3.8) is 0 Å². The molecule has 0 heterocycles. The first-order valence-corrected chi connectivity index (χ1v) is 7.11. The van der Waals surface area contributed by atoms with E-state index in [1.54, 1.807) is 0 Å². The van der Waals surface area contributed by atoms with E-state index in [-0.39, 0.29) is 0 Å². The molecule has 0 saturated heterocycles. The lowest BCUT2D eigenvalue weighted by Crippen LogP contribution is -2.01. The number of hydrogen-bond donors (Lipinski definition) is 0. The Kier molecular flexibility index (Phi) is 4.38. The summed E-state index contributed by atoms with van der Waals surface area (Å²) in [7, 11) is 0. The molecule has 0 radical (unpaired) electrons. The summed E-state index contributed by atoms with van der Waals surface area (Å²) in [5.41, 5.74) is 4.12. The van der Waals surface area contributed by atoms with Gasteiger partial charge in [-0.1, -0.05) is 76.1 Å². The van der Waals surface area contributed by atoms with E-state index in [4.69, 9.17) is 0 Å². The second-order valence-electron chi connectivity index (χ2n) is 4.35. The van der Waals surface area contributed by atoms with Crippen molar-refractivity contribution in [2.75, 3.05) is 5.33 Å². The third-order valence-corrected chi connectivity index (χ3v) is 3.54. The molecule has 0 amide bonds. The highest BCUT2D eigenvalue weighted by Crippen LogP contribution is 2.28. The van der Waals surface area contributed by atoms with E-state index in [1.807, 2.05) is 0 Å². The fourth-order valence-electron chi connectivity index (χ4n) is 2.12. The molecule has 0 spiro atoms. The van der Waals surface area contributed by atoms with Crippen LogP contribution in [0.4, 0.5) is 0 Å². The van der Waals surface area contributed by atoms with Gasteiger partial charge in [-0.3, -0.25) is 0 Å².